The molecule has 3 rings (SSSR count). The maximum Gasteiger partial charge on any atom is 0.0991 e. The summed E-state index contributed by atoms with van der Waals surface area (Å²) in [6.07, 6.45) is 1.01. The molecule has 0 radical (unpaired) electrons. The van der Waals surface area contributed by atoms with Crippen LogP contribution in [0.25, 0.3) is 0 Å². The SMILES string of the molecule is N#Cc1ccc(CN2CCc3c(N)cccc3C2)cc1. The Kier molecular flexibility index (Phi) is 3.41. The quantitative estimate of drug-likeness (QED) is 0.848. The van der Waals surface area contributed by atoms with Crippen LogP contribution in [-0.4, -0.2) is 11.4 Å². The van der Waals surface area contributed by atoms with Gasteiger partial charge in [-0.15, -0.1) is 0 Å². The van der Waals surface area contributed by atoms with E-state index >= 15 is 0 Å². The predicted molar refractivity (Wildman–Crippen MR) is 79.8 cm³/mol. The Bertz CT molecular complexity index is 653. The van der Waals surface area contributed by atoms with Gasteiger partial charge in [-0.25, -0.2) is 0 Å². The normalized spacial score (nSPS) is 14.6. The number of nitrogen functional groups attached to an aromatic ring is 1. The molecule has 2 aromatic rings. The molecule has 0 fully saturated rings. The molecule has 2 N–H and O–H groups in total. The molecule has 1 heterocycles. The van der Waals surface area contributed by atoms with Gasteiger partial charge in [0.25, 0.3) is 0 Å². The van der Waals surface area contributed by atoms with Gasteiger partial charge in [-0.1, -0.05) is 24.3 Å². The van der Waals surface area contributed by atoms with Gasteiger partial charge < -0.3 is 5.73 Å². The Morgan fingerprint density at radius 3 is 2.70 bits per heavy atom. The second-order valence-electron chi connectivity index (χ2n) is 5.25. The number of benzene rings is 2. The predicted octanol–water partition coefficient (Wildman–Crippen LogP) is 2.70. The van der Waals surface area contributed by atoms with Crippen LogP contribution in [0.1, 0.15) is 22.3 Å². The Labute approximate surface area is 119 Å². The third-order valence-corrected chi connectivity index (χ3v) is 3.87. The van der Waals surface area contributed by atoms with E-state index in [9.17, 15) is 0 Å². The van der Waals surface area contributed by atoms with Gasteiger partial charge in [0.05, 0.1) is 11.6 Å². The smallest absolute Gasteiger partial charge is 0.0991 e. The molecule has 0 spiro atoms. The Morgan fingerprint density at radius 2 is 1.95 bits per heavy atom. The van der Waals surface area contributed by atoms with Gasteiger partial charge in [-0.2, -0.15) is 5.26 Å². The maximum atomic E-state index is 8.81. The van der Waals surface area contributed by atoms with E-state index in [1.54, 1.807) is 0 Å². The molecule has 20 heavy (non-hydrogen) atoms. The first-order valence-electron chi connectivity index (χ1n) is 6.84. The molecule has 3 nitrogen and oxygen atoms in total. The maximum absolute atomic E-state index is 8.81. The summed E-state index contributed by atoms with van der Waals surface area (Å²) >= 11 is 0. The lowest BCUT2D eigenvalue weighted by molar-refractivity contribution is 0.246. The highest BCUT2D eigenvalue weighted by atomic mass is 15.1. The number of anilines is 1. The highest BCUT2D eigenvalue weighted by Crippen LogP contribution is 2.25. The Morgan fingerprint density at radius 1 is 1.15 bits per heavy atom. The van der Waals surface area contributed by atoms with Gasteiger partial charge in [0.1, 0.15) is 0 Å². The molecular weight excluding hydrogens is 246 g/mol. The highest BCUT2D eigenvalue weighted by molar-refractivity contribution is 5.51. The van der Waals surface area contributed by atoms with Gasteiger partial charge in [-0.3, -0.25) is 4.90 Å². The van der Waals surface area contributed by atoms with Crippen molar-refractivity contribution < 1.29 is 0 Å². The largest absolute Gasteiger partial charge is 0.398 e. The third-order valence-electron chi connectivity index (χ3n) is 3.87. The molecule has 0 saturated heterocycles. The lowest BCUT2D eigenvalue weighted by Crippen LogP contribution is -2.30. The standard InChI is InChI=1S/C17H17N3/c18-10-13-4-6-14(7-5-13)11-20-9-8-16-15(12-20)2-1-3-17(16)19/h1-7H,8-9,11-12,19H2. The number of fused-ring (bicyclic) bond motifs is 1. The molecule has 1 aliphatic heterocycles. The molecule has 0 unspecified atom stereocenters. The number of rotatable bonds is 2. The van der Waals surface area contributed by atoms with E-state index < -0.39 is 0 Å². The summed E-state index contributed by atoms with van der Waals surface area (Å²) in [4.78, 5) is 2.42. The molecular formula is C17H17N3. The summed E-state index contributed by atoms with van der Waals surface area (Å²) in [5, 5.41) is 8.81. The molecule has 0 saturated carbocycles. The van der Waals surface area contributed by atoms with Crippen molar-refractivity contribution in [3.05, 3.63) is 64.7 Å². The fourth-order valence-corrected chi connectivity index (χ4v) is 2.78. The van der Waals surface area contributed by atoms with Crippen molar-refractivity contribution in [1.82, 2.24) is 4.90 Å². The fraction of sp³-hybridized carbons (Fsp3) is 0.235. The van der Waals surface area contributed by atoms with Crippen molar-refractivity contribution in [3.63, 3.8) is 0 Å². The van der Waals surface area contributed by atoms with E-state index in [4.69, 9.17) is 11.0 Å². The van der Waals surface area contributed by atoms with Crippen molar-refractivity contribution in [3.8, 4) is 6.07 Å². The first-order chi connectivity index (χ1) is 9.76. The van der Waals surface area contributed by atoms with E-state index in [0.717, 1.165) is 31.7 Å². The minimum absolute atomic E-state index is 0.713. The molecule has 0 amide bonds. The monoisotopic (exact) mass is 263 g/mol. The summed E-state index contributed by atoms with van der Waals surface area (Å²) in [6.45, 7) is 2.89. The minimum atomic E-state index is 0.713. The third kappa shape index (κ3) is 2.52. The van der Waals surface area contributed by atoms with Crippen molar-refractivity contribution in [2.24, 2.45) is 0 Å². The van der Waals surface area contributed by atoms with Gasteiger partial charge in [-0.05, 0) is 41.3 Å². The Balaban J connectivity index is 1.72. The molecule has 3 heteroatoms. The number of nitrogens with two attached hydrogens (primary N) is 1. The second-order valence-corrected chi connectivity index (χ2v) is 5.25. The Hall–Kier alpha value is -2.31. The molecule has 100 valence electrons. The van der Waals surface area contributed by atoms with Crippen LogP contribution in [0.15, 0.2) is 42.5 Å². The van der Waals surface area contributed by atoms with Crippen LogP contribution in [0.3, 0.4) is 0 Å². The van der Waals surface area contributed by atoms with Gasteiger partial charge >= 0.3 is 0 Å². The lowest BCUT2D eigenvalue weighted by Gasteiger charge is -2.29. The molecule has 0 aliphatic carbocycles. The van der Waals surface area contributed by atoms with Gasteiger partial charge in [0.2, 0.25) is 0 Å². The highest BCUT2D eigenvalue weighted by Gasteiger charge is 2.17. The summed E-state index contributed by atoms with van der Waals surface area (Å²) in [6, 6.07) is 16.2. The van der Waals surface area contributed by atoms with Crippen molar-refractivity contribution in [1.29, 1.82) is 5.26 Å². The van der Waals surface area contributed by atoms with E-state index in [0.29, 0.717) is 5.56 Å². The molecule has 2 aromatic carbocycles. The van der Waals surface area contributed by atoms with Crippen LogP contribution in [0.5, 0.6) is 0 Å². The first-order valence-corrected chi connectivity index (χ1v) is 6.84. The molecule has 0 aromatic heterocycles. The van der Waals surface area contributed by atoms with Crippen molar-refractivity contribution in [2.75, 3.05) is 12.3 Å². The number of nitriles is 1. The molecule has 0 atom stereocenters. The average molecular weight is 263 g/mol. The minimum Gasteiger partial charge on any atom is -0.398 e. The lowest BCUT2D eigenvalue weighted by atomic mass is 9.97. The average Bonchev–Trinajstić information content (AvgIpc) is 2.48. The fourth-order valence-electron chi connectivity index (χ4n) is 2.78. The number of hydrogen-bond donors (Lipinski definition) is 1. The topological polar surface area (TPSA) is 53.0 Å². The van der Waals surface area contributed by atoms with Crippen LogP contribution in [-0.2, 0) is 19.5 Å². The van der Waals surface area contributed by atoms with Crippen molar-refractivity contribution in [2.45, 2.75) is 19.5 Å². The van der Waals surface area contributed by atoms with E-state index in [1.165, 1.54) is 16.7 Å². The summed E-state index contributed by atoms with van der Waals surface area (Å²) in [5.74, 6) is 0. The number of hydrogen-bond acceptors (Lipinski definition) is 3. The summed E-state index contributed by atoms with van der Waals surface area (Å²) in [7, 11) is 0. The molecule has 1 aliphatic rings. The van der Waals surface area contributed by atoms with Gasteiger partial charge in [0, 0.05) is 25.3 Å². The second kappa shape index (κ2) is 5.36. The van der Waals surface area contributed by atoms with Crippen LogP contribution in [0, 0.1) is 11.3 Å². The van der Waals surface area contributed by atoms with Crippen LogP contribution >= 0.6 is 0 Å². The molecule has 0 bridgehead atoms. The zero-order chi connectivity index (χ0) is 13.9. The van der Waals surface area contributed by atoms with Crippen LogP contribution in [0.4, 0.5) is 5.69 Å². The first kappa shape index (κ1) is 12.7. The van der Waals surface area contributed by atoms with Crippen LogP contribution in [0.2, 0.25) is 0 Å². The zero-order valence-electron chi connectivity index (χ0n) is 11.3. The van der Waals surface area contributed by atoms with E-state index in [2.05, 4.69) is 17.0 Å². The van der Waals surface area contributed by atoms with E-state index in [-0.39, 0.29) is 0 Å². The van der Waals surface area contributed by atoms with Crippen molar-refractivity contribution >= 4 is 5.69 Å². The van der Waals surface area contributed by atoms with Gasteiger partial charge in [0.15, 0.2) is 0 Å². The van der Waals surface area contributed by atoms with E-state index in [1.807, 2.05) is 36.4 Å². The van der Waals surface area contributed by atoms with Crippen LogP contribution < -0.4 is 5.73 Å². The number of nitrogens with zero attached hydrogens (tertiary/aromatic N) is 2. The summed E-state index contributed by atoms with van der Waals surface area (Å²) in [5.41, 5.74) is 11.5. The zero-order valence-corrected chi connectivity index (χ0v) is 11.3. The summed E-state index contributed by atoms with van der Waals surface area (Å²) < 4.78 is 0.